The summed E-state index contributed by atoms with van der Waals surface area (Å²) >= 11 is 5.89. The molecule has 0 aromatic heterocycles. The van der Waals surface area contributed by atoms with Gasteiger partial charge in [0.1, 0.15) is 0 Å². The third-order valence-electron chi connectivity index (χ3n) is 4.07. The summed E-state index contributed by atoms with van der Waals surface area (Å²) < 4.78 is 5.71. The molecule has 0 radical (unpaired) electrons. The summed E-state index contributed by atoms with van der Waals surface area (Å²) in [5.74, 6) is -0.863. The van der Waals surface area contributed by atoms with Crippen LogP contribution in [0.3, 0.4) is 0 Å². The molecular formula is C15H16ClNO3. The molecule has 2 aliphatic heterocycles. The van der Waals surface area contributed by atoms with E-state index < -0.39 is 0 Å². The van der Waals surface area contributed by atoms with Crippen molar-refractivity contribution in [3.05, 3.63) is 34.9 Å². The standard InChI is InChI=1S/C15H16ClNO3/c16-10-5-3-9(4-6-10)14-11(12-2-1-7-20-12)8-13(18)17-15(14)19/h3-6,11-12,14H,1-2,7-8H2,(H,17,18,19). The van der Waals surface area contributed by atoms with Gasteiger partial charge in [0, 0.05) is 24.0 Å². The minimum Gasteiger partial charge on any atom is -0.378 e. The van der Waals surface area contributed by atoms with E-state index >= 15 is 0 Å². The Morgan fingerprint density at radius 2 is 1.95 bits per heavy atom. The molecule has 2 saturated heterocycles. The van der Waals surface area contributed by atoms with Crippen LogP contribution in [0.5, 0.6) is 0 Å². The van der Waals surface area contributed by atoms with Gasteiger partial charge in [-0.2, -0.15) is 0 Å². The fraction of sp³-hybridized carbons (Fsp3) is 0.467. The van der Waals surface area contributed by atoms with Gasteiger partial charge >= 0.3 is 0 Å². The Kier molecular flexibility index (Phi) is 3.76. The van der Waals surface area contributed by atoms with Gasteiger partial charge in [-0.3, -0.25) is 14.9 Å². The Balaban J connectivity index is 1.92. The molecule has 4 nitrogen and oxygen atoms in total. The van der Waals surface area contributed by atoms with Gasteiger partial charge in [0.05, 0.1) is 12.0 Å². The van der Waals surface area contributed by atoms with E-state index in [0.29, 0.717) is 18.1 Å². The molecule has 1 aromatic carbocycles. The molecule has 106 valence electrons. The molecule has 0 spiro atoms. The van der Waals surface area contributed by atoms with Gasteiger partial charge in [0.2, 0.25) is 11.8 Å². The predicted octanol–water partition coefficient (Wildman–Crippen LogP) is 2.27. The lowest BCUT2D eigenvalue weighted by Gasteiger charge is -2.33. The topological polar surface area (TPSA) is 55.4 Å². The predicted molar refractivity (Wildman–Crippen MR) is 74.4 cm³/mol. The van der Waals surface area contributed by atoms with E-state index in [1.807, 2.05) is 12.1 Å². The summed E-state index contributed by atoms with van der Waals surface area (Å²) in [6.07, 6.45) is 2.23. The monoisotopic (exact) mass is 293 g/mol. The molecule has 2 amide bonds. The molecule has 0 saturated carbocycles. The van der Waals surface area contributed by atoms with Gasteiger partial charge in [-0.25, -0.2) is 0 Å². The molecule has 3 unspecified atom stereocenters. The first-order chi connectivity index (χ1) is 9.65. The second-order valence-corrected chi connectivity index (χ2v) is 5.80. The summed E-state index contributed by atoms with van der Waals surface area (Å²) in [4.78, 5) is 23.9. The zero-order valence-corrected chi connectivity index (χ0v) is 11.7. The van der Waals surface area contributed by atoms with Gasteiger partial charge in [0.15, 0.2) is 0 Å². The maximum Gasteiger partial charge on any atom is 0.234 e. The zero-order valence-electron chi connectivity index (χ0n) is 11.0. The maximum atomic E-state index is 12.2. The molecule has 2 fully saturated rings. The van der Waals surface area contributed by atoms with E-state index in [2.05, 4.69) is 5.32 Å². The smallest absolute Gasteiger partial charge is 0.234 e. The first-order valence-electron chi connectivity index (χ1n) is 6.86. The molecule has 3 atom stereocenters. The largest absolute Gasteiger partial charge is 0.378 e. The summed E-state index contributed by atoms with van der Waals surface area (Å²) in [7, 11) is 0. The number of nitrogens with one attached hydrogen (secondary N) is 1. The van der Waals surface area contributed by atoms with Crippen LogP contribution in [0.15, 0.2) is 24.3 Å². The number of amides is 2. The lowest BCUT2D eigenvalue weighted by molar-refractivity contribution is -0.138. The fourth-order valence-electron chi connectivity index (χ4n) is 3.15. The normalized spacial score (nSPS) is 30.4. The van der Waals surface area contributed by atoms with Crippen molar-refractivity contribution < 1.29 is 14.3 Å². The third-order valence-corrected chi connectivity index (χ3v) is 4.32. The number of rotatable bonds is 2. The summed E-state index contributed by atoms with van der Waals surface area (Å²) in [6.45, 7) is 0.713. The number of hydrogen-bond donors (Lipinski definition) is 1. The number of piperidine rings is 1. The van der Waals surface area contributed by atoms with Crippen LogP contribution in [-0.2, 0) is 14.3 Å². The molecule has 2 aliphatic rings. The van der Waals surface area contributed by atoms with Crippen LogP contribution in [0, 0.1) is 5.92 Å². The number of hydrogen-bond acceptors (Lipinski definition) is 3. The third kappa shape index (κ3) is 2.58. The number of carbonyl (C=O) groups excluding carboxylic acids is 2. The van der Waals surface area contributed by atoms with Crippen molar-refractivity contribution >= 4 is 23.4 Å². The molecule has 1 aromatic rings. The maximum absolute atomic E-state index is 12.2. The van der Waals surface area contributed by atoms with Gasteiger partial charge < -0.3 is 4.74 Å². The summed E-state index contributed by atoms with van der Waals surface area (Å²) in [6, 6.07) is 7.25. The summed E-state index contributed by atoms with van der Waals surface area (Å²) in [5, 5.41) is 3.06. The fourth-order valence-corrected chi connectivity index (χ4v) is 3.27. The van der Waals surface area contributed by atoms with Crippen molar-refractivity contribution in [3.63, 3.8) is 0 Å². The zero-order chi connectivity index (χ0) is 14.1. The van der Waals surface area contributed by atoms with Crippen LogP contribution >= 0.6 is 11.6 Å². The number of benzene rings is 1. The van der Waals surface area contributed by atoms with E-state index in [1.165, 1.54) is 0 Å². The van der Waals surface area contributed by atoms with Gasteiger partial charge in [-0.1, -0.05) is 23.7 Å². The van der Waals surface area contributed by atoms with E-state index in [4.69, 9.17) is 16.3 Å². The van der Waals surface area contributed by atoms with Gasteiger partial charge in [-0.05, 0) is 30.5 Å². The van der Waals surface area contributed by atoms with Gasteiger partial charge in [-0.15, -0.1) is 0 Å². The van der Waals surface area contributed by atoms with Crippen molar-refractivity contribution in [1.29, 1.82) is 0 Å². The number of carbonyl (C=O) groups is 2. The van der Waals surface area contributed by atoms with Crippen LogP contribution in [0.4, 0.5) is 0 Å². The quantitative estimate of drug-likeness (QED) is 0.851. The SMILES string of the molecule is O=C1CC(C2CCCO2)C(c2ccc(Cl)cc2)C(=O)N1. The van der Waals surface area contributed by atoms with Crippen LogP contribution < -0.4 is 5.32 Å². The van der Waals surface area contributed by atoms with E-state index in [0.717, 1.165) is 18.4 Å². The van der Waals surface area contributed by atoms with Crippen LogP contribution in [0.2, 0.25) is 5.02 Å². The van der Waals surface area contributed by atoms with Crippen LogP contribution in [-0.4, -0.2) is 24.5 Å². The van der Waals surface area contributed by atoms with Crippen molar-refractivity contribution in [2.75, 3.05) is 6.61 Å². The average Bonchev–Trinajstić information content (AvgIpc) is 2.93. The molecule has 0 aliphatic carbocycles. The van der Waals surface area contributed by atoms with Gasteiger partial charge in [0.25, 0.3) is 0 Å². The molecule has 0 bridgehead atoms. The second kappa shape index (κ2) is 5.54. The highest BCUT2D eigenvalue weighted by atomic mass is 35.5. The first-order valence-corrected chi connectivity index (χ1v) is 7.24. The minimum absolute atomic E-state index is 0.00863. The average molecular weight is 294 g/mol. The van der Waals surface area contributed by atoms with Crippen molar-refractivity contribution in [2.45, 2.75) is 31.3 Å². The van der Waals surface area contributed by atoms with E-state index in [9.17, 15) is 9.59 Å². The number of imide groups is 1. The van der Waals surface area contributed by atoms with E-state index in [1.54, 1.807) is 12.1 Å². The first kappa shape index (κ1) is 13.6. The second-order valence-electron chi connectivity index (χ2n) is 5.36. The lowest BCUT2D eigenvalue weighted by atomic mass is 9.76. The number of ether oxygens (including phenoxy) is 1. The Hall–Kier alpha value is -1.39. The molecule has 2 heterocycles. The van der Waals surface area contributed by atoms with Crippen LogP contribution in [0.25, 0.3) is 0 Å². The summed E-state index contributed by atoms with van der Waals surface area (Å²) in [5.41, 5.74) is 0.889. The van der Waals surface area contributed by atoms with E-state index in [-0.39, 0.29) is 29.8 Å². The molecular weight excluding hydrogens is 278 g/mol. The lowest BCUT2D eigenvalue weighted by Crippen LogP contribution is -2.47. The van der Waals surface area contributed by atoms with Crippen molar-refractivity contribution in [1.82, 2.24) is 5.32 Å². The highest BCUT2D eigenvalue weighted by Gasteiger charge is 2.42. The Labute approximate surface area is 122 Å². The highest BCUT2D eigenvalue weighted by Crippen LogP contribution is 2.37. The minimum atomic E-state index is -0.340. The molecule has 20 heavy (non-hydrogen) atoms. The Morgan fingerprint density at radius 1 is 1.20 bits per heavy atom. The Morgan fingerprint density at radius 3 is 2.60 bits per heavy atom. The van der Waals surface area contributed by atoms with Crippen LogP contribution in [0.1, 0.15) is 30.7 Å². The highest BCUT2D eigenvalue weighted by molar-refractivity contribution is 6.30. The molecule has 5 heteroatoms. The van der Waals surface area contributed by atoms with Crippen molar-refractivity contribution in [2.24, 2.45) is 5.92 Å². The Bertz CT molecular complexity index is 522. The number of halogens is 1. The van der Waals surface area contributed by atoms with Crippen molar-refractivity contribution in [3.8, 4) is 0 Å². The molecule has 3 rings (SSSR count). The molecule has 1 N–H and O–H groups in total.